The first-order valence-electron chi connectivity index (χ1n) is 6.55. The zero-order chi connectivity index (χ0) is 15.1. The van der Waals surface area contributed by atoms with Crippen molar-refractivity contribution in [3.05, 3.63) is 34.7 Å². The van der Waals surface area contributed by atoms with Crippen LogP contribution in [0.5, 0.6) is 0 Å². The van der Waals surface area contributed by atoms with E-state index in [9.17, 15) is 14.7 Å². The molecule has 0 fully saturated rings. The van der Waals surface area contributed by atoms with Crippen LogP contribution in [-0.2, 0) is 14.3 Å². The summed E-state index contributed by atoms with van der Waals surface area (Å²) in [5.74, 6) is -0.734. The van der Waals surface area contributed by atoms with Crippen LogP contribution in [0.25, 0.3) is 11.5 Å². The third kappa shape index (κ3) is 1.99. The number of esters is 1. The van der Waals surface area contributed by atoms with E-state index < -0.39 is 17.9 Å². The normalized spacial score (nSPS) is 22.9. The van der Waals surface area contributed by atoms with Crippen molar-refractivity contribution in [2.24, 2.45) is 11.0 Å². The number of carbonyl (C=O) groups excluding carboxylic acids is 2. The molecule has 0 saturated heterocycles. The highest BCUT2D eigenvalue weighted by atomic mass is 16.5. The minimum atomic E-state index is -0.660. The molecule has 1 N–H and O–H groups in total. The Bertz CT molecular complexity index is 781. The van der Waals surface area contributed by atoms with E-state index in [0.717, 1.165) is 0 Å². The number of hydrogen-bond acceptors (Lipinski definition) is 5. The van der Waals surface area contributed by atoms with E-state index in [-0.39, 0.29) is 11.7 Å². The summed E-state index contributed by atoms with van der Waals surface area (Å²) in [7, 11) is 0. The fraction of sp³-hybridized carbons (Fsp3) is 0.267. The van der Waals surface area contributed by atoms with Gasteiger partial charge in [0.2, 0.25) is 5.91 Å². The quantitative estimate of drug-likeness (QED) is 0.729. The second-order valence-electron chi connectivity index (χ2n) is 4.99. The van der Waals surface area contributed by atoms with Gasteiger partial charge >= 0.3 is 5.97 Å². The van der Waals surface area contributed by atoms with Crippen LogP contribution in [0.2, 0.25) is 0 Å². The summed E-state index contributed by atoms with van der Waals surface area (Å²) in [5.41, 5.74) is 0. The van der Waals surface area contributed by atoms with E-state index in [1.165, 1.54) is 25.1 Å². The number of rotatable bonds is 1. The fourth-order valence-corrected chi connectivity index (χ4v) is 2.76. The minimum absolute atomic E-state index is 0.0548. The Hall–Kier alpha value is -2.63. The van der Waals surface area contributed by atoms with Gasteiger partial charge in [0.15, 0.2) is 0 Å². The Morgan fingerprint density at radius 1 is 1.24 bits per heavy atom. The Morgan fingerprint density at radius 2 is 1.90 bits per heavy atom. The molecule has 0 radical (unpaired) electrons. The largest absolute Gasteiger partial charge is 0.509 e. The highest BCUT2D eigenvalue weighted by Crippen LogP contribution is 2.31. The van der Waals surface area contributed by atoms with E-state index in [1.54, 1.807) is 24.3 Å². The number of aliphatic hydroxyl groups is 1. The summed E-state index contributed by atoms with van der Waals surface area (Å²) in [6.07, 6.45) is 1.52. The summed E-state index contributed by atoms with van der Waals surface area (Å²) in [5, 5.41) is 16.9. The summed E-state index contributed by atoms with van der Waals surface area (Å²) >= 11 is 0. The smallest absolute Gasteiger partial charge is 0.307 e. The highest BCUT2D eigenvalue weighted by Gasteiger charge is 2.42. The van der Waals surface area contributed by atoms with Crippen LogP contribution >= 0.6 is 0 Å². The maximum Gasteiger partial charge on any atom is 0.307 e. The summed E-state index contributed by atoms with van der Waals surface area (Å²) in [6, 6.07) is 6.40. The molecule has 2 unspecified atom stereocenters. The molecule has 2 atom stereocenters. The number of fused-ring (bicyclic) bond motifs is 2. The Kier molecular flexibility index (Phi) is 3.01. The van der Waals surface area contributed by atoms with Gasteiger partial charge in [-0.05, 0) is 0 Å². The third-order valence-corrected chi connectivity index (χ3v) is 3.58. The lowest BCUT2D eigenvalue weighted by molar-refractivity contribution is -0.134. The molecule has 0 bridgehead atoms. The molecule has 6 nitrogen and oxygen atoms in total. The predicted octanol–water partition coefficient (Wildman–Crippen LogP) is -0.130. The average Bonchev–Trinajstić information content (AvgIpc) is 2.88. The Morgan fingerprint density at radius 3 is 2.52 bits per heavy atom. The highest BCUT2D eigenvalue weighted by molar-refractivity contribution is 5.88. The van der Waals surface area contributed by atoms with Gasteiger partial charge in [0.1, 0.15) is 17.6 Å². The number of hydrazone groups is 1. The first kappa shape index (κ1) is 13.4. The van der Waals surface area contributed by atoms with Crippen molar-refractivity contribution < 1.29 is 19.4 Å². The molecule has 1 amide bonds. The third-order valence-electron chi connectivity index (χ3n) is 3.58. The molecule has 21 heavy (non-hydrogen) atoms. The molecule has 1 aromatic carbocycles. The number of benzene rings is 1. The number of ether oxygens (including phenoxy) is 1. The van der Waals surface area contributed by atoms with E-state index >= 15 is 0 Å². The monoisotopic (exact) mass is 286 g/mol. The standard InChI is InChI=1S/C15H14N2O4/c1-8(18)17-13-12(7-16-17)15(21-9(2)19)11-6-4-3-5-10(11)14(13)20/h3-7,12-13,20H,1-2H3. The maximum atomic E-state index is 11.7. The number of carbonyl (C=O) groups is 2. The first-order chi connectivity index (χ1) is 10.0. The molecule has 1 aliphatic carbocycles. The van der Waals surface area contributed by atoms with Crippen molar-refractivity contribution in [3.8, 4) is 0 Å². The topological polar surface area (TPSA) is 79.2 Å². The van der Waals surface area contributed by atoms with E-state index in [1.807, 2.05) is 0 Å². The number of nitrogens with zero attached hydrogens (tertiary/aromatic N) is 2. The van der Waals surface area contributed by atoms with Gasteiger partial charge in [-0.3, -0.25) is 9.59 Å². The average molecular weight is 286 g/mol. The van der Waals surface area contributed by atoms with Crippen LogP contribution in [0.1, 0.15) is 13.8 Å². The molecule has 3 rings (SSSR count). The fourth-order valence-electron chi connectivity index (χ4n) is 2.76. The van der Waals surface area contributed by atoms with Crippen LogP contribution < -0.4 is 10.4 Å². The van der Waals surface area contributed by atoms with Crippen molar-refractivity contribution in [2.75, 3.05) is 0 Å². The second-order valence-corrected chi connectivity index (χ2v) is 4.99. The molecule has 2 aliphatic rings. The molecule has 108 valence electrons. The van der Waals surface area contributed by atoms with Gasteiger partial charge in [0, 0.05) is 30.5 Å². The second kappa shape index (κ2) is 4.73. The van der Waals surface area contributed by atoms with Gasteiger partial charge in [-0.25, -0.2) is 5.01 Å². The summed E-state index contributed by atoms with van der Waals surface area (Å²) in [4.78, 5) is 23.0. The SMILES string of the molecule is CC(=O)OC1=c2ccccc2=C(O)C2C1C=NN2C(C)=O. The molecule has 0 saturated carbocycles. The van der Waals surface area contributed by atoms with E-state index in [4.69, 9.17) is 4.74 Å². The van der Waals surface area contributed by atoms with Crippen molar-refractivity contribution in [1.82, 2.24) is 5.01 Å². The lowest BCUT2D eigenvalue weighted by Gasteiger charge is -2.28. The number of aliphatic hydroxyl groups excluding tert-OH is 1. The molecule has 1 heterocycles. The van der Waals surface area contributed by atoms with Crippen molar-refractivity contribution in [3.63, 3.8) is 0 Å². The Labute approximate surface area is 120 Å². The molecule has 0 spiro atoms. The Balaban J connectivity index is 2.28. The van der Waals surface area contributed by atoms with Gasteiger partial charge in [0.05, 0.1) is 5.92 Å². The molecular weight excluding hydrogens is 272 g/mol. The maximum absolute atomic E-state index is 11.7. The lowest BCUT2D eigenvalue weighted by Crippen LogP contribution is -2.48. The molecule has 1 aromatic rings. The van der Waals surface area contributed by atoms with Crippen molar-refractivity contribution >= 4 is 29.6 Å². The van der Waals surface area contributed by atoms with Crippen molar-refractivity contribution in [1.29, 1.82) is 0 Å². The van der Waals surface area contributed by atoms with Crippen LogP contribution in [0.4, 0.5) is 0 Å². The van der Waals surface area contributed by atoms with Gasteiger partial charge in [-0.15, -0.1) is 0 Å². The summed E-state index contributed by atoms with van der Waals surface area (Å²) < 4.78 is 5.33. The number of amides is 1. The number of hydrogen-bond donors (Lipinski definition) is 1. The predicted molar refractivity (Wildman–Crippen MR) is 75.2 cm³/mol. The van der Waals surface area contributed by atoms with Crippen LogP contribution in [0, 0.1) is 5.92 Å². The van der Waals surface area contributed by atoms with Crippen molar-refractivity contribution in [2.45, 2.75) is 19.9 Å². The van der Waals surface area contributed by atoms with Gasteiger partial charge in [-0.1, -0.05) is 24.3 Å². The summed E-state index contributed by atoms with van der Waals surface area (Å²) in [6.45, 7) is 2.69. The minimum Gasteiger partial charge on any atom is -0.509 e. The molecule has 1 aliphatic heterocycles. The van der Waals surface area contributed by atoms with E-state index in [2.05, 4.69) is 5.10 Å². The van der Waals surface area contributed by atoms with Gasteiger partial charge in [-0.2, -0.15) is 5.10 Å². The molecule has 0 aromatic heterocycles. The molecular formula is C15H14N2O4. The zero-order valence-electron chi connectivity index (χ0n) is 11.6. The lowest BCUT2D eigenvalue weighted by atomic mass is 9.90. The zero-order valence-corrected chi connectivity index (χ0v) is 11.6. The van der Waals surface area contributed by atoms with E-state index in [0.29, 0.717) is 16.2 Å². The van der Waals surface area contributed by atoms with Gasteiger partial charge in [0.25, 0.3) is 0 Å². The van der Waals surface area contributed by atoms with Crippen LogP contribution in [0.15, 0.2) is 29.4 Å². The van der Waals surface area contributed by atoms with Gasteiger partial charge < -0.3 is 9.84 Å². The van der Waals surface area contributed by atoms with Crippen LogP contribution in [0.3, 0.4) is 0 Å². The van der Waals surface area contributed by atoms with Crippen LogP contribution in [-0.4, -0.2) is 34.2 Å². The first-order valence-corrected chi connectivity index (χ1v) is 6.55. The molecule has 6 heteroatoms.